The Kier molecular flexibility index (Phi) is 8.30. The zero-order valence-corrected chi connectivity index (χ0v) is 26.5. The van der Waals surface area contributed by atoms with Gasteiger partial charge in [0, 0.05) is 42.1 Å². The third-order valence-electron chi connectivity index (χ3n) is 10.1. The largest absolute Gasteiger partial charge is 0.496 e. The highest BCUT2D eigenvalue weighted by atomic mass is 19.1. The number of halogens is 2. The average molecular weight is 641 g/mol. The van der Waals surface area contributed by atoms with Gasteiger partial charge in [0.25, 0.3) is 0 Å². The number of aromatic nitrogens is 1. The number of fused-ring (bicyclic) bond motifs is 2. The van der Waals surface area contributed by atoms with E-state index in [1.54, 1.807) is 19.4 Å². The van der Waals surface area contributed by atoms with E-state index in [0.717, 1.165) is 47.4 Å². The van der Waals surface area contributed by atoms with Crippen LogP contribution < -0.4 is 20.1 Å². The van der Waals surface area contributed by atoms with Crippen LogP contribution in [0.25, 0.3) is 10.9 Å². The molecule has 3 aliphatic rings. The van der Waals surface area contributed by atoms with Crippen LogP contribution in [-0.4, -0.2) is 48.9 Å². The van der Waals surface area contributed by atoms with E-state index in [4.69, 9.17) is 9.47 Å². The van der Waals surface area contributed by atoms with Crippen molar-refractivity contribution in [3.05, 3.63) is 84.1 Å². The second-order valence-electron chi connectivity index (χ2n) is 13.4. The molecule has 2 atom stereocenters. The van der Waals surface area contributed by atoms with Gasteiger partial charge < -0.3 is 25.0 Å². The lowest BCUT2D eigenvalue weighted by Gasteiger charge is -2.17. The quantitative estimate of drug-likeness (QED) is 0.178. The Labute approximate surface area is 272 Å². The maximum absolute atomic E-state index is 15.3. The molecule has 2 N–H and O–H groups in total. The highest BCUT2D eigenvalue weighted by Crippen LogP contribution is 2.48. The molecule has 0 bridgehead atoms. The number of amides is 2. The lowest BCUT2D eigenvalue weighted by Crippen LogP contribution is -2.35. The van der Waals surface area contributed by atoms with Crippen LogP contribution in [0.4, 0.5) is 20.2 Å². The molecule has 4 aromatic rings. The van der Waals surface area contributed by atoms with Crippen molar-refractivity contribution in [2.75, 3.05) is 37.9 Å². The minimum absolute atomic E-state index is 0.0221. The maximum Gasteiger partial charge on any atom is 0.240 e. The Balaban J connectivity index is 1.01. The summed E-state index contributed by atoms with van der Waals surface area (Å²) in [5, 5.41) is 6.03. The van der Waals surface area contributed by atoms with Crippen molar-refractivity contribution in [2.24, 2.45) is 23.2 Å². The fourth-order valence-corrected chi connectivity index (χ4v) is 7.42. The van der Waals surface area contributed by atoms with Crippen LogP contribution in [0.3, 0.4) is 0 Å². The number of carbonyl (C=O) groups is 2. The number of likely N-dealkylation sites (tertiary alicyclic amines) is 1. The van der Waals surface area contributed by atoms with Gasteiger partial charge >= 0.3 is 0 Å². The Morgan fingerprint density at radius 2 is 1.57 bits per heavy atom. The SMILES string of the molecule is COc1cc2c(Oc3ccc(NC(=O)C4(C(=O)Nc5ccc(F)cc5)CC4)cc3F)ccnc2cc1CCC1CC2CN(C)CC2C1. The zero-order valence-electron chi connectivity index (χ0n) is 26.5. The predicted octanol–water partition coefficient (Wildman–Crippen LogP) is 7.19. The number of nitrogens with one attached hydrogen (secondary N) is 2. The van der Waals surface area contributed by atoms with Gasteiger partial charge in [-0.05, 0) is 123 Å². The number of anilines is 2. The number of carbonyl (C=O) groups excluding carboxylic acids is 2. The number of methoxy groups -OCH3 is 1. The molecule has 2 unspecified atom stereocenters. The fraction of sp³-hybridized carbons (Fsp3) is 0.378. The first-order valence-corrected chi connectivity index (χ1v) is 16.2. The third kappa shape index (κ3) is 6.39. The molecule has 0 radical (unpaired) electrons. The molecular formula is C37H38F2N4O4. The highest BCUT2D eigenvalue weighted by molar-refractivity contribution is 6.16. The van der Waals surface area contributed by atoms with E-state index in [9.17, 15) is 14.0 Å². The first-order chi connectivity index (χ1) is 22.7. The summed E-state index contributed by atoms with van der Waals surface area (Å²) < 4.78 is 40.3. The molecule has 1 saturated heterocycles. The first-order valence-electron chi connectivity index (χ1n) is 16.2. The van der Waals surface area contributed by atoms with Gasteiger partial charge in [-0.25, -0.2) is 8.78 Å². The topological polar surface area (TPSA) is 92.8 Å². The molecule has 3 aromatic carbocycles. The van der Waals surface area contributed by atoms with Gasteiger partial charge in [0.05, 0.1) is 12.6 Å². The van der Waals surface area contributed by atoms with Crippen LogP contribution in [0, 0.1) is 34.8 Å². The van der Waals surface area contributed by atoms with Crippen molar-refractivity contribution in [1.29, 1.82) is 0 Å². The van der Waals surface area contributed by atoms with E-state index in [1.807, 2.05) is 12.1 Å². The number of ether oxygens (including phenoxy) is 2. The van der Waals surface area contributed by atoms with E-state index in [0.29, 0.717) is 29.7 Å². The minimum atomic E-state index is -1.26. The molecule has 1 aliphatic heterocycles. The minimum Gasteiger partial charge on any atom is -0.496 e. The molecule has 2 amide bonds. The van der Waals surface area contributed by atoms with Crippen LogP contribution >= 0.6 is 0 Å². The summed E-state index contributed by atoms with van der Waals surface area (Å²) in [7, 11) is 3.87. The first kappa shape index (κ1) is 31.1. The molecule has 244 valence electrons. The summed E-state index contributed by atoms with van der Waals surface area (Å²) in [6, 6.07) is 15.1. The van der Waals surface area contributed by atoms with Gasteiger partial charge in [-0.2, -0.15) is 0 Å². The maximum atomic E-state index is 15.3. The molecule has 3 fully saturated rings. The summed E-state index contributed by atoms with van der Waals surface area (Å²) in [5.74, 6) is 1.42. The molecule has 7 rings (SSSR count). The molecule has 8 nitrogen and oxygen atoms in total. The van der Waals surface area contributed by atoms with E-state index in [2.05, 4.69) is 27.6 Å². The molecule has 2 heterocycles. The number of benzene rings is 3. The second kappa shape index (κ2) is 12.6. The lowest BCUT2D eigenvalue weighted by atomic mass is 9.95. The second-order valence-corrected chi connectivity index (χ2v) is 13.4. The standard InChI is InChI=1S/C37H38F2N4O4/c1-43-20-24-15-22(16-25(24)21-43)3-4-23-17-31-29(19-34(23)46-2)32(11-14-40-31)47-33-10-9-28(18-30(33)39)42-36(45)37(12-13-37)35(44)41-27-7-5-26(38)6-8-27/h5-11,14,17-19,22,24-25H,3-4,12-13,15-16,20-21H2,1-2H3,(H,41,44)(H,42,45). The van der Waals surface area contributed by atoms with Crippen molar-refractivity contribution in [2.45, 2.75) is 38.5 Å². The number of nitrogens with zero attached hydrogens (tertiary/aromatic N) is 2. The molecule has 47 heavy (non-hydrogen) atoms. The Morgan fingerprint density at radius 3 is 2.23 bits per heavy atom. The lowest BCUT2D eigenvalue weighted by molar-refractivity contribution is -0.131. The van der Waals surface area contributed by atoms with Crippen molar-refractivity contribution < 1.29 is 27.8 Å². The molecule has 10 heteroatoms. The number of rotatable bonds is 10. The Bertz CT molecular complexity index is 1810. The molecule has 0 spiro atoms. The summed E-state index contributed by atoms with van der Waals surface area (Å²) in [5.41, 5.74) is 1.16. The third-order valence-corrected chi connectivity index (χ3v) is 10.1. The Morgan fingerprint density at radius 1 is 0.894 bits per heavy atom. The van der Waals surface area contributed by atoms with Gasteiger partial charge in [-0.1, -0.05) is 0 Å². The summed E-state index contributed by atoms with van der Waals surface area (Å²) in [6.45, 7) is 2.43. The number of hydrogen-bond donors (Lipinski definition) is 2. The van der Waals surface area contributed by atoms with Crippen LogP contribution in [0.15, 0.2) is 66.9 Å². The summed E-state index contributed by atoms with van der Waals surface area (Å²) in [4.78, 5) is 33.0. The normalized spacial score (nSPS) is 21.3. The van der Waals surface area contributed by atoms with Gasteiger partial charge in [-0.3, -0.25) is 14.6 Å². The van der Waals surface area contributed by atoms with Gasteiger partial charge in [-0.15, -0.1) is 0 Å². The molecule has 2 saturated carbocycles. The van der Waals surface area contributed by atoms with E-state index < -0.39 is 28.9 Å². The van der Waals surface area contributed by atoms with Crippen molar-refractivity contribution in [1.82, 2.24) is 9.88 Å². The molecule has 2 aliphatic carbocycles. The summed E-state index contributed by atoms with van der Waals surface area (Å²) in [6.07, 6.45) is 6.96. The number of pyridine rings is 1. The smallest absolute Gasteiger partial charge is 0.240 e. The van der Waals surface area contributed by atoms with E-state index >= 15 is 4.39 Å². The predicted molar refractivity (Wildman–Crippen MR) is 176 cm³/mol. The monoisotopic (exact) mass is 640 g/mol. The number of aryl methyl sites for hydroxylation is 1. The van der Waals surface area contributed by atoms with E-state index in [-0.39, 0.29) is 11.4 Å². The van der Waals surface area contributed by atoms with Crippen LogP contribution in [0.5, 0.6) is 17.2 Å². The number of hydrogen-bond acceptors (Lipinski definition) is 6. The van der Waals surface area contributed by atoms with Gasteiger partial charge in [0.15, 0.2) is 11.6 Å². The van der Waals surface area contributed by atoms with Crippen molar-refractivity contribution >= 4 is 34.1 Å². The van der Waals surface area contributed by atoms with Crippen molar-refractivity contribution in [3.63, 3.8) is 0 Å². The average Bonchev–Trinajstić information content (AvgIpc) is 3.69. The zero-order chi connectivity index (χ0) is 32.7. The van der Waals surface area contributed by atoms with Gasteiger partial charge in [0.2, 0.25) is 11.8 Å². The van der Waals surface area contributed by atoms with Gasteiger partial charge in [0.1, 0.15) is 22.7 Å². The highest BCUT2D eigenvalue weighted by Gasteiger charge is 2.56. The van der Waals surface area contributed by atoms with Crippen molar-refractivity contribution in [3.8, 4) is 17.2 Å². The van der Waals surface area contributed by atoms with Crippen LogP contribution in [-0.2, 0) is 16.0 Å². The fourth-order valence-electron chi connectivity index (χ4n) is 7.42. The molecular weight excluding hydrogens is 602 g/mol. The molecule has 1 aromatic heterocycles. The Hall–Kier alpha value is -4.57. The summed E-state index contributed by atoms with van der Waals surface area (Å²) >= 11 is 0. The van der Waals surface area contributed by atoms with E-state index in [1.165, 1.54) is 68.4 Å². The van der Waals surface area contributed by atoms with Crippen LogP contribution in [0.1, 0.15) is 37.7 Å². The van der Waals surface area contributed by atoms with Crippen LogP contribution in [0.2, 0.25) is 0 Å².